The number of rotatable bonds is 5. The minimum Gasteiger partial charge on any atom is -0.434 e. The number of carbonyl (C=O) groups is 1. The van der Waals surface area contributed by atoms with Gasteiger partial charge in [0.25, 0.3) is 5.91 Å². The summed E-state index contributed by atoms with van der Waals surface area (Å²) in [5.41, 5.74) is 0.167. The average Bonchev–Trinajstić information content (AvgIpc) is 3.00. The van der Waals surface area contributed by atoms with E-state index in [1.807, 2.05) is 17.8 Å². The van der Waals surface area contributed by atoms with Crippen molar-refractivity contribution in [2.75, 3.05) is 26.2 Å². The highest BCUT2D eigenvalue weighted by Crippen LogP contribution is 2.22. The number of imidazole rings is 1. The van der Waals surface area contributed by atoms with Crippen molar-refractivity contribution in [1.82, 2.24) is 19.4 Å². The molecule has 0 radical (unpaired) electrons. The van der Waals surface area contributed by atoms with Gasteiger partial charge in [-0.15, -0.1) is 0 Å². The maximum Gasteiger partial charge on any atom is 0.387 e. The molecule has 1 aliphatic rings. The van der Waals surface area contributed by atoms with Gasteiger partial charge in [0.05, 0.1) is 12.1 Å². The van der Waals surface area contributed by atoms with Gasteiger partial charge in [-0.2, -0.15) is 8.78 Å². The molecule has 2 aromatic rings. The smallest absolute Gasteiger partial charge is 0.387 e. The molecule has 1 aromatic carbocycles. The van der Waals surface area contributed by atoms with Crippen molar-refractivity contribution in [1.29, 1.82) is 0 Å². The first kappa shape index (κ1) is 17.3. The Labute approximate surface area is 144 Å². The molecule has 1 fully saturated rings. The lowest BCUT2D eigenvalue weighted by Crippen LogP contribution is -2.48. The lowest BCUT2D eigenvalue weighted by molar-refractivity contribution is -0.0503. The number of aryl methyl sites for hydroxylation is 1. The number of carbonyl (C=O) groups excluding carboxylic acids is 1. The summed E-state index contributed by atoms with van der Waals surface area (Å²) in [6.07, 6.45) is 3.66. The van der Waals surface area contributed by atoms with Crippen molar-refractivity contribution in [2.45, 2.75) is 13.2 Å². The number of aromatic nitrogens is 2. The highest BCUT2D eigenvalue weighted by atomic mass is 19.3. The Morgan fingerprint density at radius 1 is 1.24 bits per heavy atom. The van der Waals surface area contributed by atoms with E-state index < -0.39 is 6.61 Å². The lowest BCUT2D eigenvalue weighted by atomic mass is 10.1. The normalized spacial score (nSPS) is 15.6. The molecular weight excluding hydrogens is 330 g/mol. The number of amides is 1. The van der Waals surface area contributed by atoms with E-state index in [2.05, 4.69) is 14.6 Å². The highest BCUT2D eigenvalue weighted by molar-refractivity contribution is 5.97. The summed E-state index contributed by atoms with van der Waals surface area (Å²) in [6, 6.07) is 6.11. The number of piperazine rings is 1. The molecule has 2 heterocycles. The number of halogens is 2. The summed E-state index contributed by atoms with van der Waals surface area (Å²) in [5, 5.41) is 0. The van der Waals surface area contributed by atoms with Crippen LogP contribution in [0.4, 0.5) is 8.78 Å². The molecule has 1 amide bonds. The van der Waals surface area contributed by atoms with Gasteiger partial charge in [0.15, 0.2) is 0 Å². The second kappa shape index (κ2) is 7.60. The zero-order valence-corrected chi connectivity index (χ0v) is 13.9. The fourth-order valence-corrected chi connectivity index (χ4v) is 2.87. The van der Waals surface area contributed by atoms with Crippen LogP contribution >= 0.6 is 0 Å². The third kappa shape index (κ3) is 4.14. The summed E-state index contributed by atoms with van der Waals surface area (Å²) >= 11 is 0. The van der Waals surface area contributed by atoms with E-state index in [-0.39, 0.29) is 17.2 Å². The minimum atomic E-state index is -2.96. The van der Waals surface area contributed by atoms with Crippen LogP contribution in [-0.4, -0.2) is 58.0 Å². The van der Waals surface area contributed by atoms with Crippen LogP contribution in [0.3, 0.4) is 0 Å². The molecule has 25 heavy (non-hydrogen) atoms. The summed E-state index contributed by atoms with van der Waals surface area (Å²) in [5.74, 6) is 0.598. The topological polar surface area (TPSA) is 50.6 Å². The summed E-state index contributed by atoms with van der Waals surface area (Å²) in [7, 11) is 1.95. The second-order valence-electron chi connectivity index (χ2n) is 5.90. The Kier molecular flexibility index (Phi) is 5.28. The Morgan fingerprint density at radius 2 is 1.96 bits per heavy atom. The van der Waals surface area contributed by atoms with Crippen molar-refractivity contribution in [3.63, 3.8) is 0 Å². The van der Waals surface area contributed by atoms with E-state index >= 15 is 0 Å². The molecule has 1 aliphatic heterocycles. The fourth-order valence-electron chi connectivity index (χ4n) is 2.87. The molecule has 1 aromatic heterocycles. The molecule has 0 unspecified atom stereocenters. The van der Waals surface area contributed by atoms with Crippen LogP contribution in [0.1, 0.15) is 16.2 Å². The molecule has 0 saturated carbocycles. The van der Waals surface area contributed by atoms with Crippen molar-refractivity contribution < 1.29 is 18.3 Å². The number of benzene rings is 1. The van der Waals surface area contributed by atoms with E-state index in [4.69, 9.17) is 0 Å². The molecule has 0 spiro atoms. The van der Waals surface area contributed by atoms with Crippen LogP contribution in [0.2, 0.25) is 0 Å². The summed E-state index contributed by atoms with van der Waals surface area (Å²) in [4.78, 5) is 20.8. The largest absolute Gasteiger partial charge is 0.434 e. The third-order valence-electron chi connectivity index (χ3n) is 4.28. The van der Waals surface area contributed by atoms with Gasteiger partial charge in [0.1, 0.15) is 11.6 Å². The molecule has 0 aliphatic carbocycles. The van der Waals surface area contributed by atoms with Gasteiger partial charge in [-0.3, -0.25) is 9.69 Å². The van der Waals surface area contributed by atoms with Gasteiger partial charge < -0.3 is 14.2 Å². The first-order valence-electron chi connectivity index (χ1n) is 8.06. The quantitative estimate of drug-likeness (QED) is 0.827. The van der Waals surface area contributed by atoms with E-state index in [9.17, 15) is 13.6 Å². The summed E-state index contributed by atoms with van der Waals surface area (Å²) < 4.78 is 31.4. The molecule has 134 valence electrons. The van der Waals surface area contributed by atoms with Gasteiger partial charge in [-0.05, 0) is 12.1 Å². The number of alkyl halides is 2. The molecule has 0 atom stereocenters. The molecular formula is C17H20F2N4O2. The zero-order valence-electron chi connectivity index (χ0n) is 13.9. The minimum absolute atomic E-state index is 0.0852. The number of para-hydroxylation sites is 1. The lowest BCUT2D eigenvalue weighted by Gasteiger charge is -2.34. The van der Waals surface area contributed by atoms with Crippen molar-refractivity contribution in [3.05, 3.63) is 48.0 Å². The predicted octanol–water partition coefficient (Wildman–Crippen LogP) is 1.98. The van der Waals surface area contributed by atoms with E-state index in [0.29, 0.717) is 26.2 Å². The van der Waals surface area contributed by atoms with E-state index in [1.54, 1.807) is 23.2 Å². The molecule has 0 bridgehead atoms. The maximum absolute atomic E-state index is 12.6. The van der Waals surface area contributed by atoms with Gasteiger partial charge in [0, 0.05) is 45.6 Å². The van der Waals surface area contributed by atoms with Crippen molar-refractivity contribution in [2.24, 2.45) is 7.05 Å². The van der Waals surface area contributed by atoms with Gasteiger partial charge in [0.2, 0.25) is 0 Å². The first-order chi connectivity index (χ1) is 12.0. The molecule has 6 nitrogen and oxygen atoms in total. The Morgan fingerprint density at radius 3 is 2.60 bits per heavy atom. The first-order valence-corrected chi connectivity index (χ1v) is 8.06. The molecule has 3 rings (SSSR count). The SMILES string of the molecule is Cn1ccnc1CN1CCN(C(=O)c2ccccc2OC(F)F)CC1. The Bertz CT molecular complexity index is 727. The fraction of sp³-hybridized carbons (Fsp3) is 0.412. The van der Waals surface area contributed by atoms with Crippen LogP contribution in [0.15, 0.2) is 36.7 Å². The van der Waals surface area contributed by atoms with Crippen molar-refractivity contribution in [3.8, 4) is 5.75 Å². The molecule has 0 N–H and O–H groups in total. The molecule has 1 saturated heterocycles. The third-order valence-corrected chi connectivity index (χ3v) is 4.28. The maximum atomic E-state index is 12.6. The van der Waals surface area contributed by atoms with Crippen LogP contribution in [-0.2, 0) is 13.6 Å². The number of hydrogen-bond donors (Lipinski definition) is 0. The summed E-state index contributed by atoms with van der Waals surface area (Å²) in [6.45, 7) is 0.242. The monoisotopic (exact) mass is 350 g/mol. The highest BCUT2D eigenvalue weighted by Gasteiger charge is 2.25. The van der Waals surface area contributed by atoms with Crippen LogP contribution < -0.4 is 4.74 Å². The van der Waals surface area contributed by atoms with Crippen LogP contribution in [0.5, 0.6) is 5.75 Å². The Balaban J connectivity index is 1.61. The van der Waals surface area contributed by atoms with Crippen LogP contribution in [0.25, 0.3) is 0 Å². The van der Waals surface area contributed by atoms with Crippen LogP contribution in [0, 0.1) is 0 Å². The van der Waals surface area contributed by atoms with Gasteiger partial charge in [-0.1, -0.05) is 12.1 Å². The Hall–Kier alpha value is -2.48. The molecule has 8 heteroatoms. The van der Waals surface area contributed by atoms with E-state index in [0.717, 1.165) is 12.4 Å². The predicted molar refractivity (Wildman–Crippen MR) is 87.5 cm³/mol. The average molecular weight is 350 g/mol. The second-order valence-corrected chi connectivity index (χ2v) is 5.90. The number of hydrogen-bond acceptors (Lipinski definition) is 4. The van der Waals surface area contributed by atoms with Crippen molar-refractivity contribution >= 4 is 5.91 Å². The van der Waals surface area contributed by atoms with Gasteiger partial charge >= 0.3 is 6.61 Å². The van der Waals surface area contributed by atoms with E-state index in [1.165, 1.54) is 12.1 Å². The van der Waals surface area contributed by atoms with Gasteiger partial charge in [-0.25, -0.2) is 4.98 Å². The number of nitrogens with zero attached hydrogens (tertiary/aromatic N) is 4. The zero-order chi connectivity index (χ0) is 17.8. The standard InChI is InChI=1S/C17H20F2N4O2/c1-21-7-6-20-15(21)12-22-8-10-23(11-9-22)16(24)13-4-2-3-5-14(13)25-17(18)19/h2-7,17H,8-12H2,1H3. The number of ether oxygens (including phenoxy) is 1.